The van der Waals surface area contributed by atoms with Crippen LogP contribution in [0, 0.1) is 6.92 Å². The Morgan fingerprint density at radius 1 is 1.43 bits per heavy atom. The third-order valence-corrected chi connectivity index (χ3v) is 4.82. The third-order valence-electron chi connectivity index (χ3n) is 4.82. The second-order valence-corrected chi connectivity index (χ2v) is 6.16. The molecular weight excluding hydrogens is 266 g/mol. The molecule has 5 heteroatoms. The maximum atomic E-state index is 12.5. The van der Waals surface area contributed by atoms with Crippen molar-refractivity contribution in [2.24, 2.45) is 0 Å². The van der Waals surface area contributed by atoms with Crippen molar-refractivity contribution in [1.29, 1.82) is 0 Å². The van der Waals surface area contributed by atoms with Crippen LogP contribution in [0.4, 0.5) is 0 Å². The van der Waals surface area contributed by atoms with Gasteiger partial charge in [0.1, 0.15) is 0 Å². The Morgan fingerprint density at radius 3 is 2.57 bits per heavy atom. The molecular formula is C16H27N3O2. The highest BCUT2D eigenvalue weighted by molar-refractivity contribution is 5.95. The molecule has 2 rings (SSSR count). The second kappa shape index (κ2) is 6.60. The van der Waals surface area contributed by atoms with E-state index in [4.69, 9.17) is 0 Å². The van der Waals surface area contributed by atoms with Crippen molar-refractivity contribution in [2.45, 2.75) is 70.9 Å². The fourth-order valence-electron chi connectivity index (χ4n) is 3.33. The number of aliphatic hydroxyl groups is 1. The molecule has 0 aliphatic heterocycles. The molecule has 5 nitrogen and oxygen atoms in total. The van der Waals surface area contributed by atoms with Crippen molar-refractivity contribution >= 4 is 5.91 Å². The van der Waals surface area contributed by atoms with E-state index in [1.165, 1.54) is 0 Å². The molecule has 1 aromatic rings. The van der Waals surface area contributed by atoms with Gasteiger partial charge in [-0.2, -0.15) is 5.10 Å². The van der Waals surface area contributed by atoms with E-state index < -0.39 is 5.54 Å². The van der Waals surface area contributed by atoms with Gasteiger partial charge in [0.15, 0.2) is 0 Å². The van der Waals surface area contributed by atoms with Gasteiger partial charge in [0, 0.05) is 5.69 Å². The zero-order valence-electron chi connectivity index (χ0n) is 13.4. The number of rotatable bonds is 6. The molecule has 1 heterocycles. The Morgan fingerprint density at radius 2 is 2.05 bits per heavy atom. The average Bonchev–Trinajstić information content (AvgIpc) is 3.09. The van der Waals surface area contributed by atoms with E-state index in [0.717, 1.165) is 44.2 Å². The number of hydrogen-bond donors (Lipinski definition) is 2. The van der Waals surface area contributed by atoms with Crippen LogP contribution in [0.25, 0.3) is 0 Å². The van der Waals surface area contributed by atoms with Gasteiger partial charge in [0.2, 0.25) is 0 Å². The summed E-state index contributed by atoms with van der Waals surface area (Å²) in [7, 11) is 0. The van der Waals surface area contributed by atoms with Crippen molar-refractivity contribution in [3.63, 3.8) is 0 Å². The standard InChI is InChI=1S/C16H27N3O2/c1-4-13(5-2)19-12(3)14(10-17-19)15(21)18-16(11-20)8-6-7-9-16/h10,13,20H,4-9,11H2,1-3H3,(H,18,21). The molecule has 1 aliphatic carbocycles. The van der Waals surface area contributed by atoms with Crippen LogP contribution in [0.1, 0.15) is 74.5 Å². The van der Waals surface area contributed by atoms with E-state index in [2.05, 4.69) is 24.3 Å². The predicted octanol–water partition coefficient (Wildman–Crippen LogP) is 2.59. The summed E-state index contributed by atoms with van der Waals surface area (Å²) in [5.74, 6) is -0.111. The number of aliphatic hydroxyl groups excluding tert-OH is 1. The maximum Gasteiger partial charge on any atom is 0.255 e. The summed E-state index contributed by atoms with van der Waals surface area (Å²) >= 11 is 0. The monoisotopic (exact) mass is 293 g/mol. The fourth-order valence-corrected chi connectivity index (χ4v) is 3.33. The summed E-state index contributed by atoms with van der Waals surface area (Å²) in [5, 5.41) is 17.1. The van der Waals surface area contributed by atoms with Crippen molar-refractivity contribution < 1.29 is 9.90 Å². The highest BCUT2D eigenvalue weighted by Gasteiger charge is 2.35. The highest BCUT2D eigenvalue weighted by Crippen LogP contribution is 2.29. The predicted molar refractivity (Wildman–Crippen MR) is 82.3 cm³/mol. The number of nitrogens with one attached hydrogen (secondary N) is 1. The maximum absolute atomic E-state index is 12.5. The second-order valence-electron chi connectivity index (χ2n) is 6.16. The summed E-state index contributed by atoms with van der Waals surface area (Å²) < 4.78 is 1.95. The Balaban J connectivity index is 2.16. The number of amides is 1. The molecule has 0 radical (unpaired) electrons. The van der Waals surface area contributed by atoms with Crippen molar-refractivity contribution in [3.05, 3.63) is 17.5 Å². The normalized spacial score (nSPS) is 17.4. The van der Waals surface area contributed by atoms with Gasteiger partial charge in [-0.15, -0.1) is 0 Å². The van der Waals surface area contributed by atoms with Gasteiger partial charge in [-0.1, -0.05) is 26.7 Å². The number of nitrogens with zero attached hydrogens (tertiary/aromatic N) is 2. The fraction of sp³-hybridized carbons (Fsp3) is 0.750. The van der Waals surface area contributed by atoms with Gasteiger partial charge in [-0.25, -0.2) is 0 Å². The van der Waals surface area contributed by atoms with E-state index in [1.807, 2.05) is 11.6 Å². The van der Waals surface area contributed by atoms with E-state index in [9.17, 15) is 9.90 Å². The Hall–Kier alpha value is -1.36. The Bertz CT molecular complexity index is 486. The van der Waals surface area contributed by atoms with Crippen LogP contribution in [0.2, 0.25) is 0 Å². The molecule has 21 heavy (non-hydrogen) atoms. The quantitative estimate of drug-likeness (QED) is 0.847. The lowest BCUT2D eigenvalue weighted by atomic mass is 9.98. The van der Waals surface area contributed by atoms with Crippen molar-refractivity contribution in [1.82, 2.24) is 15.1 Å². The molecule has 0 aromatic carbocycles. The molecule has 1 aromatic heterocycles. The van der Waals surface area contributed by atoms with Crippen molar-refractivity contribution in [3.8, 4) is 0 Å². The Labute approximate surface area is 126 Å². The minimum absolute atomic E-state index is 0.0124. The van der Waals surface area contributed by atoms with Crippen LogP contribution in [0.5, 0.6) is 0 Å². The molecule has 1 amide bonds. The molecule has 0 spiro atoms. The molecule has 1 fully saturated rings. The SMILES string of the molecule is CCC(CC)n1ncc(C(=O)NC2(CO)CCCC2)c1C. The summed E-state index contributed by atoms with van der Waals surface area (Å²) in [6.45, 7) is 6.22. The number of hydrogen-bond acceptors (Lipinski definition) is 3. The largest absolute Gasteiger partial charge is 0.394 e. The lowest BCUT2D eigenvalue weighted by Gasteiger charge is -2.27. The molecule has 118 valence electrons. The first-order valence-corrected chi connectivity index (χ1v) is 8.04. The smallest absolute Gasteiger partial charge is 0.255 e. The molecule has 0 saturated heterocycles. The molecule has 0 unspecified atom stereocenters. The highest BCUT2D eigenvalue weighted by atomic mass is 16.3. The van der Waals surface area contributed by atoms with Gasteiger partial charge in [0.25, 0.3) is 5.91 Å². The Kier molecular flexibility index (Phi) is 5.04. The molecule has 0 atom stereocenters. The van der Waals surface area contributed by atoms with Gasteiger partial charge in [0.05, 0.1) is 29.9 Å². The lowest BCUT2D eigenvalue weighted by molar-refractivity contribution is 0.0837. The summed E-state index contributed by atoms with van der Waals surface area (Å²) in [4.78, 5) is 12.5. The van der Waals surface area contributed by atoms with Crippen LogP contribution in [-0.4, -0.2) is 32.9 Å². The summed E-state index contributed by atoms with van der Waals surface area (Å²) in [6, 6.07) is 0.338. The first-order valence-electron chi connectivity index (χ1n) is 8.04. The van der Waals surface area contributed by atoms with Gasteiger partial charge in [-0.05, 0) is 32.6 Å². The number of aromatic nitrogens is 2. The molecule has 1 saturated carbocycles. The van der Waals surface area contributed by atoms with Crippen LogP contribution in [0.15, 0.2) is 6.20 Å². The van der Waals surface area contributed by atoms with Gasteiger partial charge in [-0.3, -0.25) is 9.48 Å². The number of carbonyl (C=O) groups excluding carboxylic acids is 1. The topological polar surface area (TPSA) is 67.2 Å². The van der Waals surface area contributed by atoms with E-state index >= 15 is 0 Å². The van der Waals surface area contributed by atoms with Crippen LogP contribution < -0.4 is 5.32 Å². The van der Waals surface area contributed by atoms with Crippen LogP contribution >= 0.6 is 0 Å². The van der Waals surface area contributed by atoms with Crippen LogP contribution in [-0.2, 0) is 0 Å². The minimum atomic E-state index is -0.430. The molecule has 2 N–H and O–H groups in total. The van der Waals surface area contributed by atoms with Gasteiger partial charge < -0.3 is 10.4 Å². The average molecular weight is 293 g/mol. The zero-order valence-corrected chi connectivity index (χ0v) is 13.4. The van der Waals surface area contributed by atoms with E-state index in [0.29, 0.717) is 11.6 Å². The summed E-state index contributed by atoms with van der Waals surface area (Å²) in [5.41, 5.74) is 1.11. The third kappa shape index (κ3) is 3.12. The van der Waals surface area contributed by atoms with E-state index in [-0.39, 0.29) is 12.5 Å². The first-order chi connectivity index (χ1) is 10.1. The lowest BCUT2D eigenvalue weighted by Crippen LogP contribution is -2.49. The molecule has 0 bridgehead atoms. The van der Waals surface area contributed by atoms with Crippen LogP contribution in [0.3, 0.4) is 0 Å². The zero-order chi connectivity index (χ0) is 15.5. The molecule has 1 aliphatic rings. The summed E-state index contributed by atoms with van der Waals surface area (Å²) in [6.07, 6.45) is 7.49. The minimum Gasteiger partial charge on any atom is -0.394 e. The number of carbonyl (C=O) groups is 1. The van der Waals surface area contributed by atoms with E-state index in [1.54, 1.807) is 6.20 Å². The first kappa shape index (κ1) is 16.0. The van der Waals surface area contributed by atoms with Gasteiger partial charge >= 0.3 is 0 Å². The van der Waals surface area contributed by atoms with Crippen molar-refractivity contribution in [2.75, 3.05) is 6.61 Å².